The third-order valence-corrected chi connectivity index (χ3v) is 3.91. The first-order valence-corrected chi connectivity index (χ1v) is 11.1. The smallest absolute Gasteiger partial charge is 0.329 e. The summed E-state index contributed by atoms with van der Waals surface area (Å²) in [7, 11) is 0. The van der Waals surface area contributed by atoms with Crippen LogP contribution < -0.4 is 5.32 Å². The number of carboxylic acids is 1. The van der Waals surface area contributed by atoms with Gasteiger partial charge in [-0.1, -0.05) is 32.6 Å². The van der Waals surface area contributed by atoms with Crippen LogP contribution in [-0.4, -0.2) is 103 Å². The van der Waals surface area contributed by atoms with Gasteiger partial charge in [-0.3, -0.25) is 4.79 Å². The van der Waals surface area contributed by atoms with Gasteiger partial charge in [0.15, 0.2) is 0 Å². The van der Waals surface area contributed by atoms with Gasteiger partial charge in [0.1, 0.15) is 13.2 Å². The number of ether oxygens (including phenoxy) is 6. The molecule has 0 atom stereocenters. The molecule has 184 valence electrons. The highest BCUT2D eigenvalue weighted by molar-refractivity contribution is 5.77. The maximum absolute atomic E-state index is 11.3. The highest BCUT2D eigenvalue weighted by Crippen LogP contribution is 2.02. The van der Waals surface area contributed by atoms with Crippen molar-refractivity contribution in [3.8, 4) is 0 Å². The van der Waals surface area contributed by atoms with E-state index < -0.39 is 12.6 Å². The third kappa shape index (κ3) is 26.7. The predicted octanol–water partition coefficient (Wildman–Crippen LogP) is 1.26. The van der Waals surface area contributed by atoms with Crippen LogP contribution in [0.5, 0.6) is 0 Å². The molecule has 0 saturated carbocycles. The monoisotopic (exact) mass is 451 g/mol. The lowest BCUT2D eigenvalue weighted by Crippen LogP contribution is -2.31. The van der Waals surface area contributed by atoms with Crippen molar-refractivity contribution >= 4 is 11.9 Å². The van der Waals surface area contributed by atoms with Crippen LogP contribution in [0.15, 0.2) is 0 Å². The summed E-state index contributed by atoms with van der Waals surface area (Å²) in [5.74, 6) is -1.49. The van der Waals surface area contributed by atoms with Crippen molar-refractivity contribution in [1.29, 1.82) is 0 Å². The van der Waals surface area contributed by atoms with Crippen LogP contribution in [0.1, 0.15) is 39.0 Å². The number of hydrogen-bond acceptors (Lipinski definition) is 8. The van der Waals surface area contributed by atoms with E-state index in [4.69, 9.17) is 28.8 Å². The lowest BCUT2D eigenvalue weighted by atomic mass is 10.2. The van der Waals surface area contributed by atoms with E-state index in [-0.39, 0.29) is 12.5 Å². The summed E-state index contributed by atoms with van der Waals surface area (Å²) in [4.78, 5) is 21.5. The van der Waals surface area contributed by atoms with Crippen molar-refractivity contribution < 1.29 is 43.1 Å². The summed E-state index contributed by atoms with van der Waals surface area (Å²) in [5, 5.41) is 10.9. The molecule has 0 aliphatic heterocycles. The average molecular weight is 452 g/mol. The van der Waals surface area contributed by atoms with E-state index in [1.807, 2.05) is 0 Å². The molecule has 2 N–H and O–H groups in total. The minimum absolute atomic E-state index is 0.284. The Bertz CT molecular complexity index is 410. The molecule has 0 aliphatic rings. The summed E-state index contributed by atoms with van der Waals surface area (Å²) in [5.41, 5.74) is 0. The number of amides is 1. The molecule has 31 heavy (non-hydrogen) atoms. The molecule has 0 rings (SSSR count). The molecule has 0 aliphatic carbocycles. The van der Waals surface area contributed by atoms with E-state index in [0.717, 1.165) is 13.0 Å². The first-order chi connectivity index (χ1) is 15.2. The van der Waals surface area contributed by atoms with Gasteiger partial charge in [0.05, 0.1) is 59.5 Å². The molecule has 0 aromatic carbocycles. The molecule has 10 nitrogen and oxygen atoms in total. The minimum atomic E-state index is -1.11. The molecular formula is C21H41NO9. The van der Waals surface area contributed by atoms with Crippen molar-refractivity contribution in [1.82, 2.24) is 5.32 Å². The van der Waals surface area contributed by atoms with E-state index in [9.17, 15) is 9.59 Å². The fraction of sp³-hybridized carbons (Fsp3) is 0.905. The van der Waals surface area contributed by atoms with Crippen LogP contribution in [-0.2, 0) is 38.0 Å². The van der Waals surface area contributed by atoms with Gasteiger partial charge in [0, 0.05) is 13.2 Å². The SMILES string of the molecule is CCCCCCCOCCOCCOCCOCCOCCNC(=O)COCC(=O)O. The zero-order valence-corrected chi connectivity index (χ0v) is 18.9. The molecule has 0 spiro atoms. The van der Waals surface area contributed by atoms with Crippen LogP contribution in [0, 0.1) is 0 Å². The fourth-order valence-electron chi connectivity index (χ4n) is 2.33. The second kappa shape index (κ2) is 25.0. The Balaban J connectivity index is 3.09. The standard InChI is InChI=1S/C21H41NO9/c1-2-3-4-5-6-8-26-10-12-28-14-16-30-17-15-29-13-11-27-9-7-22-20(23)18-31-19-21(24)25/h2-19H2,1H3,(H,22,23)(H,24,25). The number of hydrogen-bond donors (Lipinski definition) is 2. The van der Waals surface area contributed by atoms with Gasteiger partial charge in [-0.05, 0) is 6.42 Å². The maximum Gasteiger partial charge on any atom is 0.329 e. The van der Waals surface area contributed by atoms with Gasteiger partial charge in [-0.2, -0.15) is 0 Å². The van der Waals surface area contributed by atoms with Gasteiger partial charge in [-0.25, -0.2) is 4.79 Å². The molecule has 0 radical (unpaired) electrons. The van der Waals surface area contributed by atoms with E-state index in [0.29, 0.717) is 66.0 Å². The molecule has 0 aromatic rings. The third-order valence-electron chi connectivity index (χ3n) is 3.91. The Morgan fingerprint density at radius 1 is 0.613 bits per heavy atom. The second-order valence-electron chi connectivity index (χ2n) is 6.71. The average Bonchev–Trinajstić information content (AvgIpc) is 2.74. The number of unbranched alkanes of at least 4 members (excludes halogenated alkanes) is 4. The zero-order valence-electron chi connectivity index (χ0n) is 18.9. The molecule has 0 heterocycles. The first-order valence-electron chi connectivity index (χ1n) is 11.1. The van der Waals surface area contributed by atoms with Crippen molar-refractivity contribution in [2.75, 3.05) is 85.8 Å². The van der Waals surface area contributed by atoms with Crippen molar-refractivity contribution in [3.63, 3.8) is 0 Å². The van der Waals surface area contributed by atoms with E-state index >= 15 is 0 Å². The summed E-state index contributed by atoms with van der Waals surface area (Å²) < 4.78 is 31.7. The second-order valence-corrected chi connectivity index (χ2v) is 6.71. The first kappa shape index (κ1) is 29.7. The van der Waals surface area contributed by atoms with E-state index in [1.54, 1.807) is 0 Å². The number of rotatable bonds is 25. The maximum atomic E-state index is 11.3. The molecule has 0 fully saturated rings. The topological polar surface area (TPSA) is 122 Å². The summed E-state index contributed by atoms with van der Waals surface area (Å²) in [6, 6.07) is 0. The summed E-state index contributed by atoms with van der Waals surface area (Å²) >= 11 is 0. The molecule has 10 heteroatoms. The summed E-state index contributed by atoms with van der Waals surface area (Å²) in [6.45, 7) is 6.98. The van der Waals surface area contributed by atoms with E-state index in [1.165, 1.54) is 25.7 Å². The minimum Gasteiger partial charge on any atom is -0.480 e. The molecule has 0 saturated heterocycles. The van der Waals surface area contributed by atoms with Crippen molar-refractivity contribution in [2.45, 2.75) is 39.0 Å². The van der Waals surface area contributed by atoms with Gasteiger partial charge < -0.3 is 38.8 Å². The Morgan fingerprint density at radius 3 is 1.61 bits per heavy atom. The zero-order chi connectivity index (χ0) is 22.8. The molecular weight excluding hydrogens is 410 g/mol. The predicted molar refractivity (Wildman–Crippen MR) is 114 cm³/mol. The lowest BCUT2D eigenvalue weighted by Gasteiger charge is -2.08. The number of aliphatic carboxylic acids is 1. The van der Waals surface area contributed by atoms with Crippen LogP contribution >= 0.6 is 0 Å². The Morgan fingerprint density at radius 2 is 1.10 bits per heavy atom. The number of nitrogens with one attached hydrogen (secondary N) is 1. The molecule has 0 bridgehead atoms. The van der Waals surface area contributed by atoms with Gasteiger partial charge in [-0.15, -0.1) is 0 Å². The van der Waals surface area contributed by atoms with Crippen LogP contribution in [0.3, 0.4) is 0 Å². The van der Waals surface area contributed by atoms with Crippen molar-refractivity contribution in [2.24, 2.45) is 0 Å². The Labute approximate surface area is 185 Å². The largest absolute Gasteiger partial charge is 0.480 e. The number of carbonyl (C=O) groups excluding carboxylic acids is 1. The Kier molecular flexibility index (Phi) is 23.9. The van der Waals surface area contributed by atoms with Gasteiger partial charge >= 0.3 is 5.97 Å². The van der Waals surface area contributed by atoms with Crippen molar-refractivity contribution in [3.05, 3.63) is 0 Å². The van der Waals surface area contributed by atoms with E-state index in [2.05, 4.69) is 17.0 Å². The Hall–Kier alpha value is -1.30. The van der Waals surface area contributed by atoms with Gasteiger partial charge in [0.25, 0.3) is 0 Å². The normalized spacial score (nSPS) is 11.0. The molecule has 1 amide bonds. The lowest BCUT2D eigenvalue weighted by molar-refractivity contribution is -0.143. The highest BCUT2D eigenvalue weighted by atomic mass is 16.6. The van der Waals surface area contributed by atoms with Crippen LogP contribution in [0.25, 0.3) is 0 Å². The van der Waals surface area contributed by atoms with Crippen LogP contribution in [0.4, 0.5) is 0 Å². The number of carbonyl (C=O) groups is 2. The quantitative estimate of drug-likeness (QED) is 0.198. The summed E-state index contributed by atoms with van der Waals surface area (Å²) in [6.07, 6.45) is 6.22. The molecule has 0 aromatic heterocycles. The fourth-order valence-corrected chi connectivity index (χ4v) is 2.33. The van der Waals surface area contributed by atoms with Gasteiger partial charge in [0.2, 0.25) is 5.91 Å². The number of carboxylic acid groups (broad SMARTS) is 1. The van der Waals surface area contributed by atoms with Crippen LogP contribution in [0.2, 0.25) is 0 Å². The molecule has 0 unspecified atom stereocenters. The highest BCUT2D eigenvalue weighted by Gasteiger charge is 2.03.